The maximum Gasteiger partial charge on any atom is 0.295 e. The van der Waals surface area contributed by atoms with E-state index >= 15 is 0 Å². The average Bonchev–Trinajstić information content (AvgIpc) is 3.56. The number of carbonyl (C=O) groups is 1. The molecule has 9 heteroatoms. The number of benzene rings is 2. The molecule has 4 rings (SSSR count). The van der Waals surface area contributed by atoms with Gasteiger partial charge in [0.1, 0.15) is 5.69 Å². The van der Waals surface area contributed by atoms with Gasteiger partial charge >= 0.3 is 0 Å². The number of nitrogens with zero attached hydrogens (tertiary/aromatic N) is 2. The van der Waals surface area contributed by atoms with Crippen LogP contribution in [0.4, 0.5) is 5.69 Å². The Morgan fingerprint density at radius 1 is 1.06 bits per heavy atom. The maximum absolute atomic E-state index is 12.9. The molecule has 2 aromatic carbocycles. The minimum atomic E-state index is -3.51. The maximum atomic E-state index is 12.9. The highest BCUT2D eigenvalue weighted by Gasteiger charge is 2.27. The molecule has 0 bridgehead atoms. The molecule has 1 aliphatic rings. The summed E-state index contributed by atoms with van der Waals surface area (Å²) in [5.74, 6) is -0.455. The Kier molecular flexibility index (Phi) is 5.86. The highest BCUT2D eigenvalue weighted by Crippen LogP contribution is 2.22. The summed E-state index contributed by atoms with van der Waals surface area (Å²) in [6.07, 6.45) is 4.61. The fraction of sp³-hybridized carbons (Fsp3) is 0.217. The van der Waals surface area contributed by atoms with Crippen LogP contribution in [0.1, 0.15) is 24.1 Å². The van der Waals surface area contributed by atoms with Crippen LogP contribution in [0, 0.1) is 6.92 Å². The van der Waals surface area contributed by atoms with Crippen LogP contribution >= 0.6 is 0 Å². The van der Waals surface area contributed by atoms with E-state index < -0.39 is 15.9 Å². The minimum Gasteiger partial charge on any atom is -0.316 e. The van der Waals surface area contributed by atoms with E-state index in [1.54, 1.807) is 36.9 Å². The number of hydrogen-bond acceptors (Lipinski definition) is 4. The zero-order chi connectivity index (χ0) is 22.9. The molecule has 0 saturated heterocycles. The van der Waals surface area contributed by atoms with Gasteiger partial charge in [0.2, 0.25) is 15.9 Å². The van der Waals surface area contributed by atoms with Gasteiger partial charge in [0.05, 0.1) is 16.3 Å². The van der Waals surface area contributed by atoms with Crippen LogP contribution in [0.25, 0.3) is 11.8 Å². The van der Waals surface area contributed by atoms with Gasteiger partial charge < -0.3 is 5.32 Å². The first-order valence-corrected chi connectivity index (χ1v) is 11.7. The van der Waals surface area contributed by atoms with Crippen molar-refractivity contribution in [1.29, 1.82) is 0 Å². The summed E-state index contributed by atoms with van der Waals surface area (Å²) in [4.78, 5) is 25.5. The van der Waals surface area contributed by atoms with Gasteiger partial charge in [-0.25, -0.2) is 17.8 Å². The van der Waals surface area contributed by atoms with Crippen LogP contribution in [0.15, 0.2) is 70.4 Å². The Labute approximate surface area is 186 Å². The number of amides is 1. The predicted octanol–water partition coefficient (Wildman–Crippen LogP) is 2.58. The second kappa shape index (κ2) is 8.60. The van der Waals surface area contributed by atoms with Gasteiger partial charge in [0.15, 0.2) is 0 Å². The van der Waals surface area contributed by atoms with Crippen LogP contribution in [0.2, 0.25) is 0 Å². The summed E-state index contributed by atoms with van der Waals surface area (Å²) >= 11 is 0. The van der Waals surface area contributed by atoms with E-state index in [4.69, 9.17) is 0 Å². The first-order chi connectivity index (χ1) is 15.3. The highest BCUT2D eigenvalue weighted by molar-refractivity contribution is 7.89. The Bertz CT molecular complexity index is 1330. The smallest absolute Gasteiger partial charge is 0.295 e. The van der Waals surface area contributed by atoms with Gasteiger partial charge in [-0.15, -0.1) is 0 Å². The Morgan fingerprint density at radius 2 is 1.72 bits per heavy atom. The van der Waals surface area contributed by atoms with E-state index in [1.165, 1.54) is 22.9 Å². The van der Waals surface area contributed by atoms with Crippen LogP contribution < -0.4 is 15.6 Å². The molecule has 3 aromatic rings. The third-order valence-electron chi connectivity index (χ3n) is 5.32. The van der Waals surface area contributed by atoms with Crippen molar-refractivity contribution in [3.05, 3.63) is 82.3 Å². The first-order valence-electron chi connectivity index (χ1n) is 10.2. The molecular weight excluding hydrogens is 428 g/mol. The van der Waals surface area contributed by atoms with Gasteiger partial charge in [-0.2, -0.15) is 0 Å². The molecule has 32 heavy (non-hydrogen) atoms. The van der Waals surface area contributed by atoms with E-state index in [9.17, 15) is 18.0 Å². The monoisotopic (exact) mass is 452 g/mol. The molecule has 1 aromatic heterocycles. The number of anilines is 1. The van der Waals surface area contributed by atoms with Crippen molar-refractivity contribution >= 4 is 27.7 Å². The number of rotatable bonds is 7. The standard InChI is InChI=1S/C23H24N4O4S/c1-16-22(23(29)27(26(16)2)19-6-4-3-5-7-19)24-21(28)15-10-17-8-13-20(14-9-17)32(30,31)25-18-11-12-18/h3-10,13-15,18,25H,11-12H2,1-2H3,(H,24,28). The Hall–Kier alpha value is -3.43. The number of hydrogen-bond donors (Lipinski definition) is 2. The third kappa shape index (κ3) is 4.58. The number of para-hydroxylation sites is 1. The van der Waals surface area contributed by atoms with E-state index in [1.807, 2.05) is 30.3 Å². The number of sulfonamides is 1. The zero-order valence-corrected chi connectivity index (χ0v) is 18.6. The van der Waals surface area contributed by atoms with Crippen molar-refractivity contribution in [3.8, 4) is 5.69 Å². The second-order valence-corrected chi connectivity index (χ2v) is 9.44. The lowest BCUT2D eigenvalue weighted by Gasteiger charge is -2.07. The van der Waals surface area contributed by atoms with Gasteiger partial charge in [-0.05, 0) is 55.7 Å². The summed E-state index contributed by atoms with van der Waals surface area (Å²) in [5.41, 5.74) is 1.87. The molecule has 0 aliphatic heterocycles. The lowest BCUT2D eigenvalue weighted by Crippen LogP contribution is -2.25. The molecule has 0 spiro atoms. The quantitative estimate of drug-likeness (QED) is 0.538. The van der Waals surface area contributed by atoms with Crippen molar-refractivity contribution in [2.24, 2.45) is 7.05 Å². The molecule has 0 unspecified atom stereocenters. The second-order valence-electron chi connectivity index (χ2n) is 7.72. The molecule has 0 radical (unpaired) electrons. The van der Waals surface area contributed by atoms with E-state index in [0.717, 1.165) is 12.8 Å². The van der Waals surface area contributed by atoms with E-state index in [-0.39, 0.29) is 22.2 Å². The van der Waals surface area contributed by atoms with Gasteiger partial charge in [-0.3, -0.25) is 14.3 Å². The van der Waals surface area contributed by atoms with Crippen molar-refractivity contribution in [1.82, 2.24) is 14.1 Å². The molecule has 8 nitrogen and oxygen atoms in total. The summed E-state index contributed by atoms with van der Waals surface area (Å²) in [6.45, 7) is 1.76. The zero-order valence-electron chi connectivity index (χ0n) is 17.8. The minimum absolute atomic E-state index is 0.0381. The molecule has 1 aliphatic carbocycles. The number of aromatic nitrogens is 2. The SMILES string of the molecule is Cc1c(NC(=O)C=Cc2ccc(S(=O)(=O)NC3CC3)cc2)c(=O)n(-c2ccccc2)n1C. The summed E-state index contributed by atoms with van der Waals surface area (Å²) in [6, 6.07) is 15.5. The lowest BCUT2D eigenvalue weighted by atomic mass is 10.2. The molecule has 166 valence electrons. The molecule has 1 heterocycles. The van der Waals surface area contributed by atoms with Gasteiger partial charge in [0, 0.05) is 19.2 Å². The fourth-order valence-electron chi connectivity index (χ4n) is 3.30. The van der Waals surface area contributed by atoms with Crippen LogP contribution in [-0.2, 0) is 21.9 Å². The van der Waals surface area contributed by atoms with E-state index in [0.29, 0.717) is 16.9 Å². The summed E-state index contributed by atoms with van der Waals surface area (Å²) < 4.78 is 30.3. The van der Waals surface area contributed by atoms with Crippen LogP contribution in [-0.4, -0.2) is 29.7 Å². The van der Waals surface area contributed by atoms with Crippen molar-refractivity contribution < 1.29 is 13.2 Å². The molecule has 0 atom stereocenters. The molecule has 1 saturated carbocycles. The molecule has 2 N–H and O–H groups in total. The topological polar surface area (TPSA) is 102 Å². The normalized spacial score (nSPS) is 14.1. The largest absolute Gasteiger partial charge is 0.316 e. The number of nitrogens with one attached hydrogen (secondary N) is 2. The molecule has 1 fully saturated rings. The third-order valence-corrected chi connectivity index (χ3v) is 6.86. The van der Waals surface area contributed by atoms with Gasteiger partial charge in [0.25, 0.3) is 5.56 Å². The van der Waals surface area contributed by atoms with Crippen LogP contribution in [0.3, 0.4) is 0 Å². The molecule has 1 amide bonds. The Morgan fingerprint density at radius 3 is 2.34 bits per heavy atom. The van der Waals surface area contributed by atoms with Crippen molar-refractivity contribution in [2.45, 2.75) is 30.7 Å². The predicted molar refractivity (Wildman–Crippen MR) is 123 cm³/mol. The number of carbonyl (C=O) groups excluding carboxylic acids is 1. The highest BCUT2D eigenvalue weighted by atomic mass is 32.2. The van der Waals surface area contributed by atoms with Crippen LogP contribution in [0.5, 0.6) is 0 Å². The van der Waals surface area contributed by atoms with Crippen molar-refractivity contribution in [3.63, 3.8) is 0 Å². The first kappa shape index (κ1) is 21.8. The molecular formula is C23H24N4O4S. The van der Waals surface area contributed by atoms with Crippen molar-refractivity contribution in [2.75, 3.05) is 5.32 Å². The van der Waals surface area contributed by atoms with Gasteiger partial charge in [-0.1, -0.05) is 30.3 Å². The average molecular weight is 453 g/mol. The van der Waals surface area contributed by atoms with E-state index in [2.05, 4.69) is 10.0 Å². The summed E-state index contributed by atoms with van der Waals surface area (Å²) in [7, 11) is -1.76. The Balaban J connectivity index is 1.48. The summed E-state index contributed by atoms with van der Waals surface area (Å²) in [5, 5.41) is 2.66. The lowest BCUT2D eigenvalue weighted by molar-refractivity contribution is -0.111. The fourth-order valence-corrected chi connectivity index (χ4v) is 4.60.